The molecule has 0 unspecified atom stereocenters. The number of hydrogen-bond acceptors (Lipinski definition) is 2. The molecule has 0 bridgehead atoms. The fourth-order valence-electron chi connectivity index (χ4n) is 1.83. The minimum Gasteiger partial charge on any atom is -0.383 e. The van der Waals surface area contributed by atoms with Crippen LogP contribution in [-0.4, -0.2) is 24.8 Å². The number of ketones is 1. The van der Waals surface area contributed by atoms with Gasteiger partial charge in [-0.3, -0.25) is 4.79 Å². The van der Waals surface area contributed by atoms with Crippen LogP contribution in [0.25, 0.3) is 11.1 Å². The van der Waals surface area contributed by atoms with Crippen molar-refractivity contribution in [3.8, 4) is 11.1 Å². The number of carbonyl (C=O) groups is 1. The van der Waals surface area contributed by atoms with E-state index in [9.17, 15) is 9.18 Å². The van der Waals surface area contributed by atoms with Crippen LogP contribution >= 0.6 is 0 Å². The molecule has 102 valence electrons. The fourth-order valence-corrected chi connectivity index (χ4v) is 1.83. The van der Waals surface area contributed by atoms with Gasteiger partial charge in [-0.2, -0.15) is 0 Å². The number of nitrogens with zero attached hydrogens (tertiary/aromatic N) is 1. The zero-order valence-electron chi connectivity index (χ0n) is 11.5. The van der Waals surface area contributed by atoms with Crippen LogP contribution < -0.4 is 0 Å². The van der Waals surface area contributed by atoms with E-state index >= 15 is 0 Å². The SMILES string of the molecule is CN(C)/C=C/C(=O)c1ccc(-c2ccccc2)c(F)c1. The number of hydrogen-bond donors (Lipinski definition) is 0. The Morgan fingerprint density at radius 1 is 1.10 bits per heavy atom. The summed E-state index contributed by atoms with van der Waals surface area (Å²) in [4.78, 5) is 13.6. The molecular weight excluding hydrogens is 253 g/mol. The molecule has 0 spiro atoms. The van der Waals surface area contributed by atoms with Crippen molar-refractivity contribution in [1.82, 2.24) is 4.90 Å². The normalized spacial score (nSPS) is 10.8. The summed E-state index contributed by atoms with van der Waals surface area (Å²) >= 11 is 0. The van der Waals surface area contributed by atoms with Crippen molar-refractivity contribution in [3.63, 3.8) is 0 Å². The molecule has 0 aliphatic rings. The summed E-state index contributed by atoms with van der Waals surface area (Å²) in [7, 11) is 3.64. The Labute approximate surface area is 118 Å². The van der Waals surface area contributed by atoms with Crippen molar-refractivity contribution in [2.24, 2.45) is 0 Å². The topological polar surface area (TPSA) is 20.3 Å². The minimum atomic E-state index is -0.389. The predicted molar refractivity (Wildman–Crippen MR) is 79.0 cm³/mol. The Morgan fingerprint density at radius 3 is 2.40 bits per heavy atom. The van der Waals surface area contributed by atoms with Gasteiger partial charge in [0, 0.05) is 37.5 Å². The first-order valence-corrected chi connectivity index (χ1v) is 6.32. The van der Waals surface area contributed by atoms with Gasteiger partial charge >= 0.3 is 0 Å². The third kappa shape index (κ3) is 3.32. The van der Waals surface area contributed by atoms with E-state index in [4.69, 9.17) is 0 Å². The lowest BCUT2D eigenvalue weighted by Crippen LogP contribution is -2.03. The highest BCUT2D eigenvalue weighted by Gasteiger charge is 2.09. The van der Waals surface area contributed by atoms with Gasteiger partial charge in [-0.25, -0.2) is 4.39 Å². The quantitative estimate of drug-likeness (QED) is 0.622. The van der Waals surface area contributed by atoms with E-state index in [-0.39, 0.29) is 11.6 Å². The Balaban J connectivity index is 2.29. The Bertz CT molecular complexity index is 633. The lowest BCUT2D eigenvalue weighted by Gasteiger charge is -2.06. The Hall–Kier alpha value is -2.42. The van der Waals surface area contributed by atoms with Crippen molar-refractivity contribution in [2.45, 2.75) is 0 Å². The van der Waals surface area contributed by atoms with Gasteiger partial charge in [-0.05, 0) is 11.6 Å². The number of rotatable bonds is 4. The van der Waals surface area contributed by atoms with Gasteiger partial charge in [0.1, 0.15) is 5.82 Å². The summed E-state index contributed by atoms with van der Waals surface area (Å²) in [6, 6.07) is 13.8. The van der Waals surface area contributed by atoms with Gasteiger partial charge < -0.3 is 4.90 Å². The van der Waals surface area contributed by atoms with Gasteiger partial charge in [0.05, 0.1) is 0 Å². The Morgan fingerprint density at radius 2 is 1.80 bits per heavy atom. The molecule has 0 saturated heterocycles. The third-order valence-electron chi connectivity index (χ3n) is 2.86. The van der Waals surface area contributed by atoms with Gasteiger partial charge in [-0.15, -0.1) is 0 Å². The van der Waals surface area contributed by atoms with Crippen LogP contribution in [0.1, 0.15) is 10.4 Å². The second-order valence-electron chi connectivity index (χ2n) is 4.70. The average Bonchev–Trinajstić information content (AvgIpc) is 2.45. The smallest absolute Gasteiger partial charge is 0.187 e. The van der Waals surface area contributed by atoms with E-state index in [1.54, 1.807) is 23.2 Å². The minimum absolute atomic E-state index is 0.211. The molecule has 0 atom stereocenters. The van der Waals surface area contributed by atoms with Crippen LogP contribution in [0.4, 0.5) is 4.39 Å². The van der Waals surface area contributed by atoms with Gasteiger partial charge in [0.2, 0.25) is 0 Å². The molecule has 0 aliphatic carbocycles. The standard InChI is InChI=1S/C17H16FNO/c1-19(2)11-10-17(20)14-8-9-15(16(18)12-14)13-6-4-3-5-7-13/h3-12H,1-2H3/b11-10+. The van der Waals surface area contributed by atoms with Gasteiger partial charge in [0.25, 0.3) is 0 Å². The van der Waals surface area contributed by atoms with Crippen molar-refractivity contribution >= 4 is 5.78 Å². The van der Waals surface area contributed by atoms with E-state index < -0.39 is 0 Å². The lowest BCUT2D eigenvalue weighted by molar-refractivity contribution is 0.104. The second kappa shape index (κ2) is 6.15. The molecule has 2 aromatic carbocycles. The monoisotopic (exact) mass is 269 g/mol. The molecule has 3 heteroatoms. The number of carbonyl (C=O) groups excluding carboxylic acids is 1. The van der Waals surface area contributed by atoms with E-state index in [1.165, 1.54) is 12.1 Å². The first-order chi connectivity index (χ1) is 9.58. The van der Waals surface area contributed by atoms with Crippen LogP contribution in [0.15, 0.2) is 60.8 Å². The lowest BCUT2D eigenvalue weighted by atomic mass is 10.0. The van der Waals surface area contributed by atoms with Crippen molar-refractivity contribution in [1.29, 1.82) is 0 Å². The first-order valence-electron chi connectivity index (χ1n) is 6.32. The number of benzene rings is 2. The molecule has 0 heterocycles. The maximum atomic E-state index is 14.1. The van der Waals surface area contributed by atoms with Crippen LogP contribution in [0.2, 0.25) is 0 Å². The fraction of sp³-hybridized carbons (Fsp3) is 0.118. The van der Waals surface area contributed by atoms with E-state index in [0.717, 1.165) is 5.56 Å². The highest BCUT2D eigenvalue weighted by molar-refractivity contribution is 6.04. The summed E-state index contributed by atoms with van der Waals surface area (Å²) in [5, 5.41) is 0. The zero-order chi connectivity index (χ0) is 14.5. The predicted octanol–water partition coefficient (Wildman–Crippen LogP) is 3.75. The van der Waals surface area contributed by atoms with Crippen LogP contribution in [-0.2, 0) is 0 Å². The van der Waals surface area contributed by atoms with Crippen LogP contribution in [0.3, 0.4) is 0 Å². The highest BCUT2D eigenvalue weighted by atomic mass is 19.1. The largest absolute Gasteiger partial charge is 0.383 e. The summed E-state index contributed by atoms with van der Waals surface area (Å²) in [6.45, 7) is 0. The molecule has 0 saturated carbocycles. The highest BCUT2D eigenvalue weighted by Crippen LogP contribution is 2.23. The molecule has 20 heavy (non-hydrogen) atoms. The Kier molecular flexibility index (Phi) is 4.31. The maximum Gasteiger partial charge on any atom is 0.187 e. The molecule has 0 N–H and O–H groups in total. The van der Waals surface area contributed by atoms with Crippen LogP contribution in [0.5, 0.6) is 0 Å². The molecule has 2 aromatic rings. The molecule has 0 radical (unpaired) electrons. The van der Waals surface area contributed by atoms with E-state index in [1.807, 2.05) is 44.4 Å². The second-order valence-corrected chi connectivity index (χ2v) is 4.70. The summed E-state index contributed by atoms with van der Waals surface area (Å²) in [6.07, 6.45) is 3.07. The van der Waals surface area contributed by atoms with Gasteiger partial charge in [0.15, 0.2) is 5.78 Å². The van der Waals surface area contributed by atoms with E-state index in [0.29, 0.717) is 11.1 Å². The van der Waals surface area contributed by atoms with Crippen molar-refractivity contribution in [2.75, 3.05) is 14.1 Å². The average molecular weight is 269 g/mol. The molecule has 0 fully saturated rings. The number of halogens is 1. The zero-order valence-corrected chi connectivity index (χ0v) is 11.5. The molecular formula is C17H16FNO. The van der Waals surface area contributed by atoms with Crippen molar-refractivity contribution in [3.05, 3.63) is 72.2 Å². The van der Waals surface area contributed by atoms with Crippen LogP contribution in [0, 0.1) is 5.82 Å². The molecule has 2 nitrogen and oxygen atoms in total. The molecule has 0 aromatic heterocycles. The molecule has 0 amide bonds. The van der Waals surface area contributed by atoms with Gasteiger partial charge in [-0.1, -0.05) is 42.5 Å². The maximum absolute atomic E-state index is 14.1. The van der Waals surface area contributed by atoms with E-state index in [2.05, 4.69) is 0 Å². The molecule has 2 rings (SSSR count). The summed E-state index contributed by atoms with van der Waals surface area (Å²) in [5.74, 6) is -0.600. The third-order valence-corrected chi connectivity index (χ3v) is 2.86. The summed E-state index contributed by atoms with van der Waals surface area (Å²) in [5.41, 5.74) is 1.65. The summed E-state index contributed by atoms with van der Waals surface area (Å²) < 4.78 is 14.1. The molecule has 0 aliphatic heterocycles. The van der Waals surface area contributed by atoms with Crippen molar-refractivity contribution < 1.29 is 9.18 Å². The number of allylic oxidation sites excluding steroid dienone is 1. The first kappa shape index (κ1) is 14.0.